The highest BCUT2D eigenvalue weighted by Gasteiger charge is 2.16. The molecule has 0 amide bonds. The van der Waals surface area contributed by atoms with Crippen LogP contribution in [0.15, 0.2) is 45.3 Å². The molecule has 0 heterocycles. The van der Waals surface area contributed by atoms with Gasteiger partial charge in [0.2, 0.25) is 0 Å². The van der Waals surface area contributed by atoms with Crippen molar-refractivity contribution in [1.29, 1.82) is 5.26 Å². The van der Waals surface area contributed by atoms with Crippen LogP contribution in [0.3, 0.4) is 0 Å². The molecule has 0 bridgehead atoms. The van der Waals surface area contributed by atoms with Gasteiger partial charge in [0.15, 0.2) is 11.5 Å². The van der Waals surface area contributed by atoms with Crippen molar-refractivity contribution in [3.63, 3.8) is 0 Å². The lowest BCUT2D eigenvalue weighted by Gasteiger charge is -2.16. The number of rotatable bonds is 4. The summed E-state index contributed by atoms with van der Waals surface area (Å²) in [6, 6.07) is 12.5. The van der Waals surface area contributed by atoms with E-state index < -0.39 is 6.04 Å². The Hall–Kier alpha value is -1.71. The average molecular weight is 412 g/mol. The van der Waals surface area contributed by atoms with Crippen LogP contribution in [0.4, 0.5) is 5.69 Å². The molecule has 2 rings (SSSR count). The van der Waals surface area contributed by atoms with Gasteiger partial charge < -0.3 is 15.2 Å². The molecular weight excluding hydrogens is 400 g/mol. The van der Waals surface area contributed by atoms with E-state index in [1.807, 2.05) is 24.3 Å². The zero-order chi connectivity index (χ0) is 15.4. The van der Waals surface area contributed by atoms with Crippen LogP contribution in [0, 0.1) is 11.3 Å². The molecule has 21 heavy (non-hydrogen) atoms. The van der Waals surface area contributed by atoms with E-state index in [4.69, 9.17) is 4.74 Å². The highest BCUT2D eigenvalue weighted by molar-refractivity contribution is 9.11. The van der Waals surface area contributed by atoms with Crippen LogP contribution in [0.5, 0.6) is 11.5 Å². The second-order valence-corrected chi connectivity index (χ2v) is 5.95. The number of hydrogen-bond donors (Lipinski definition) is 2. The van der Waals surface area contributed by atoms with Crippen molar-refractivity contribution >= 4 is 37.5 Å². The van der Waals surface area contributed by atoms with Crippen LogP contribution in [-0.2, 0) is 0 Å². The van der Waals surface area contributed by atoms with E-state index in [1.54, 1.807) is 12.1 Å². The van der Waals surface area contributed by atoms with E-state index in [-0.39, 0.29) is 5.75 Å². The third-order valence-corrected chi connectivity index (χ3v) is 4.20. The van der Waals surface area contributed by atoms with Crippen LogP contribution < -0.4 is 10.1 Å². The Morgan fingerprint density at radius 1 is 1.24 bits per heavy atom. The van der Waals surface area contributed by atoms with Crippen molar-refractivity contribution < 1.29 is 9.84 Å². The summed E-state index contributed by atoms with van der Waals surface area (Å²) in [4.78, 5) is 0. The number of phenols is 1. The van der Waals surface area contributed by atoms with Crippen LogP contribution >= 0.6 is 31.9 Å². The molecule has 0 spiro atoms. The van der Waals surface area contributed by atoms with Crippen molar-refractivity contribution in [2.24, 2.45) is 0 Å². The van der Waals surface area contributed by atoms with Gasteiger partial charge in [-0.2, -0.15) is 5.26 Å². The first-order chi connectivity index (χ1) is 10.1. The number of halogens is 2. The predicted molar refractivity (Wildman–Crippen MR) is 88.5 cm³/mol. The maximum atomic E-state index is 9.83. The van der Waals surface area contributed by atoms with Crippen LogP contribution in [-0.4, -0.2) is 12.2 Å². The molecule has 0 saturated heterocycles. The van der Waals surface area contributed by atoms with Gasteiger partial charge in [-0.1, -0.05) is 12.1 Å². The molecule has 2 aromatic carbocycles. The highest BCUT2D eigenvalue weighted by Crippen LogP contribution is 2.37. The monoisotopic (exact) mass is 410 g/mol. The fourth-order valence-corrected chi connectivity index (χ4v) is 2.70. The van der Waals surface area contributed by atoms with Crippen molar-refractivity contribution in [2.45, 2.75) is 6.04 Å². The third-order valence-electron chi connectivity index (χ3n) is 2.91. The Bertz CT molecular complexity index is 699. The van der Waals surface area contributed by atoms with Gasteiger partial charge in [-0.25, -0.2) is 0 Å². The summed E-state index contributed by atoms with van der Waals surface area (Å²) >= 11 is 6.69. The normalized spacial score (nSPS) is 11.5. The molecule has 108 valence electrons. The number of benzene rings is 2. The lowest BCUT2D eigenvalue weighted by molar-refractivity contribution is 0.371. The van der Waals surface area contributed by atoms with Crippen molar-refractivity contribution in [3.8, 4) is 17.6 Å². The molecular formula is C15H12Br2N2O2. The molecule has 2 aromatic rings. The van der Waals surface area contributed by atoms with E-state index in [0.29, 0.717) is 15.8 Å². The number of para-hydroxylation sites is 1. The Morgan fingerprint density at radius 2 is 1.95 bits per heavy atom. The van der Waals surface area contributed by atoms with Crippen molar-refractivity contribution in [2.75, 3.05) is 12.4 Å². The molecule has 0 aliphatic heterocycles. The minimum atomic E-state index is -0.575. The maximum Gasteiger partial charge on any atom is 0.172 e. The molecule has 0 saturated carbocycles. The van der Waals surface area contributed by atoms with Crippen LogP contribution in [0.25, 0.3) is 0 Å². The zero-order valence-electron chi connectivity index (χ0n) is 11.1. The minimum absolute atomic E-state index is 0.0128. The number of anilines is 1. The highest BCUT2D eigenvalue weighted by atomic mass is 79.9. The first-order valence-corrected chi connectivity index (χ1v) is 7.62. The fourth-order valence-electron chi connectivity index (χ4n) is 1.84. The molecule has 0 fully saturated rings. The fraction of sp³-hybridized carbons (Fsp3) is 0.133. The average Bonchev–Trinajstić information content (AvgIpc) is 2.49. The number of methoxy groups -OCH3 is 1. The third kappa shape index (κ3) is 3.49. The molecule has 4 nitrogen and oxygen atoms in total. The summed E-state index contributed by atoms with van der Waals surface area (Å²) in [5.74, 6) is 0.326. The van der Waals surface area contributed by atoms with Crippen LogP contribution in [0.2, 0.25) is 0 Å². The van der Waals surface area contributed by atoms with E-state index in [2.05, 4.69) is 43.2 Å². The molecule has 0 radical (unpaired) electrons. The van der Waals surface area contributed by atoms with E-state index in [9.17, 15) is 10.4 Å². The number of nitrogens with one attached hydrogen (secondary N) is 1. The summed E-state index contributed by atoms with van der Waals surface area (Å²) in [7, 11) is 1.47. The predicted octanol–water partition coefficient (Wildman–Crippen LogP) is 4.60. The molecule has 0 aromatic heterocycles. The quantitative estimate of drug-likeness (QED) is 0.771. The summed E-state index contributed by atoms with van der Waals surface area (Å²) < 4.78 is 6.46. The first-order valence-electron chi connectivity index (χ1n) is 6.04. The minimum Gasteiger partial charge on any atom is -0.503 e. The second-order valence-electron chi connectivity index (χ2n) is 4.24. The van der Waals surface area contributed by atoms with Gasteiger partial charge in [0, 0.05) is 10.2 Å². The number of nitriles is 1. The number of aromatic hydroxyl groups is 1. The topological polar surface area (TPSA) is 65.3 Å². The summed E-state index contributed by atoms with van der Waals surface area (Å²) in [5.41, 5.74) is 1.50. The smallest absolute Gasteiger partial charge is 0.172 e. The number of phenolic OH excluding ortho intramolecular Hbond substituents is 1. The molecule has 2 N–H and O–H groups in total. The largest absolute Gasteiger partial charge is 0.503 e. The SMILES string of the molecule is COc1cc(C(C#N)Nc2ccccc2Br)cc(Br)c1O. The molecule has 0 aliphatic carbocycles. The number of ether oxygens (including phenoxy) is 1. The lowest BCUT2D eigenvalue weighted by Crippen LogP contribution is -2.09. The maximum absolute atomic E-state index is 9.83. The van der Waals surface area contributed by atoms with E-state index in [0.717, 1.165) is 10.2 Å². The Balaban J connectivity index is 2.37. The number of hydrogen-bond acceptors (Lipinski definition) is 4. The van der Waals surface area contributed by atoms with E-state index in [1.165, 1.54) is 7.11 Å². The molecule has 0 aliphatic rings. The van der Waals surface area contributed by atoms with Gasteiger partial charge in [0.1, 0.15) is 6.04 Å². The van der Waals surface area contributed by atoms with Gasteiger partial charge in [0.05, 0.1) is 17.7 Å². The summed E-state index contributed by atoms with van der Waals surface area (Å²) in [6.07, 6.45) is 0. The van der Waals surface area contributed by atoms with Gasteiger partial charge in [-0.3, -0.25) is 0 Å². The number of nitrogens with zero attached hydrogens (tertiary/aromatic N) is 1. The zero-order valence-corrected chi connectivity index (χ0v) is 14.3. The Morgan fingerprint density at radius 3 is 2.57 bits per heavy atom. The Labute approximate surface area is 139 Å². The summed E-state index contributed by atoms with van der Waals surface area (Å²) in [5, 5.41) is 22.4. The standard InChI is InChI=1S/C15H12Br2N2O2/c1-21-14-7-9(6-11(17)15(14)20)13(8-18)19-12-5-3-2-4-10(12)16/h2-7,13,19-20H,1H3. The Kier molecular flexibility index (Phi) is 5.10. The van der Waals surface area contributed by atoms with Crippen molar-refractivity contribution in [3.05, 3.63) is 50.9 Å². The summed E-state index contributed by atoms with van der Waals surface area (Å²) in [6.45, 7) is 0. The van der Waals surface area contributed by atoms with Gasteiger partial charge in [-0.15, -0.1) is 0 Å². The first kappa shape index (κ1) is 15.7. The lowest BCUT2D eigenvalue weighted by atomic mass is 10.1. The van der Waals surface area contributed by atoms with Crippen molar-refractivity contribution in [1.82, 2.24) is 0 Å². The van der Waals surface area contributed by atoms with Crippen LogP contribution in [0.1, 0.15) is 11.6 Å². The second kappa shape index (κ2) is 6.83. The van der Waals surface area contributed by atoms with Gasteiger partial charge >= 0.3 is 0 Å². The van der Waals surface area contributed by atoms with Gasteiger partial charge in [-0.05, 0) is 61.7 Å². The van der Waals surface area contributed by atoms with Gasteiger partial charge in [0.25, 0.3) is 0 Å². The molecule has 1 unspecified atom stereocenters. The molecule has 1 atom stereocenters. The molecule has 6 heteroatoms. The van der Waals surface area contributed by atoms with E-state index >= 15 is 0 Å².